The fraction of sp³-hybridized carbons (Fsp3) is 0.545. The fourth-order valence-corrected chi connectivity index (χ4v) is 1.69. The van der Waals surface area contributed by atoms with Crippen molar-refractivity contribution >= 4 is 5.91 Å². The van der Waals surface area contributed by atoms with E-state index in [1.807, 2.05) is 0 Å². The smallest absolute Gasteiger partial charge is 0.395 e. The van der Waals surface area contributed by atoms with Crippen LogP contribution in [0.5, 0.6) is 0 Å². The molecule has 0 aliphatic rings. The van der Waals surface area contributed by atoms with E-state index in [9.17, 15) is 31.1 Å². The maximum Gasteiger partial charge on any atom is 0.406 e. The van der Waals surface area contributed by atoms with Crippen LogP contribution in [0, 0.1) is 0 Å². The lowest BCUT2D eigenvalue weighted by atomic mass is 10.3. The molecule has 1 aromatic rings. The molecule has 0 bridgehead atoms. The van der Waals surface area contributed by atoms with Crippen LogP contribution in [0.3, 0.4) is 0 Å². The Hall–Kier alpha value is -1.71. The van der Waals surface area contributed by atoms with Crippen LogP contribution in [-0.2, 0) is 6.54 Å². The maximum absolute atomic E-state index is 12.3. The summed E-state index contributed by atoms with van der Waals surface area (Å²) in [6.07, 6.45) is -8.38. The minimum Gasteiger partial charge on any atom is -0.395 e. The van der Waals surface area contributed by atoms with E-state index in [1.54, 1.807) is 0 Å². The van der Waals surface area contributed by atoms with Gasteiger partial charge in [-0.1, -0.05) is 0 Å². The third-order valence-electron chi connectivity index (χ3n) is 2.43. The van der Waals surface area contributed by atoms with Crippen LogP contribution in [0.15, 0.2) is 18.3 Å². The highest BCUT2D eigenvalue weighted by atomic mass is 19.4. The molecule has 21 heavy (non-hydrogen) atoms. The molecule has 0 radical (unpaired) electrons. The Morgan fingerprint density at radius 3 is 2.29 bits per heavy atom. The van der Waals surface area contributed by atoms with Gasteiger partial charge in [0.25, 0.3) is 5.91 Å². The van der Waals surface area contributed by atoms with E-state index in [4.69, 9.17) is 5.11 Å². The summed E-state index contributed by atoms with van der Waals surface area (Å²) in [5.41, 5.74) is -0.523. The van der Waals surface area contributed by atoms with Gasteiger partial charge in [-0.05, 0) is 12.1 Å². The summed E-state index contributed by atoms with van der Waals surface area (Å²) in [5, 5.41) is 8.69. The second kappa shape index (κ2) is 6.37. The number of aromatic nitrogens is 1. The van der Waals surface area contributed by atoms with Gasteiger partial charge in [-0.15, -0.1) is 0 Å². The average molecular weight is 318 g/mol. The largest absolute Gasteiger partial charge is 0.406 e. The number of rotatable bonds is 5. The Balaban J connectivity index is 2.97. The molecular weight excluding hydrogens is 306 g/mol. The van der Waals surface area contributed by atoms with Crippen molar-refractivity contribution in [2.75, 3.05) is 19.7 Å². The van der Waals surface area contributed by atoms with Gasteiger partial charge in [0, 0.05) is 12.7 Å². The Bertz CT molecular complexity index is 480. The van der Waals surface area contributed by atoms with E-state index in [-0.39, 0.29) is 4.90 Å². The molecule has 1 N–H and O–H groups in total. The molecule has 4 nitrogen and oxygen atoms in total. The number of hydrogen-bond donors (Lipinski definition) is 1. The molecule has 0 unspecified atom stereocenters. The summed E-state index contributed by atoms with van der Waals surface area (Å²) < 4.78 is 74.5. The predicted octanol–water partition coefficient (Wildman–Crippen LogP) is 2.05. The molecule has 1 rings (SSSR count). The van der Waals surface area contributed by atoms with Crippen molar-refractivity contribution in [2.24, 2.45) is 0 Å². The van der Waals surface area contributed by atoms with Crippen molar-refractivity contribution in [3.05, 3.63) is 24.0 Å². The molecule has 120 valence electrons. The van der Waals surface area contributed by atoms with E-state index in [1.165, 1.54) is 0 Å². The lowest BCUT2D eigenvalue weighted by molar-refractivity contribution is -0.143. The topological polar surface area (TPSA) is 45.5 Å². The first-order valence-electron chi connectivity index (χ1n) is 5.72. The standard InChI is InChI=1S/C11H12F6N2O2/c12-10(13,14)6-18-3-1-2-8(18)9(21)19(4-5-20)7-11(15,16)17/h1-3,20H,4-7H2. The molecule has 0 aliphatic carbocycles. The van der Waals surface area contributed by atoms with Crippen molar-refractivity contribution in [2.45, 2.75) is 18.9 Å². The third kappa shape index (κ3) is 5.66. The molecule has 0 saturated heterocycles. The minimum atomic E-state index is -4.72. The first kappa shape index (κ1) is 17.3. The van der Waals surface area contributed by atoms with Gasteiger partial charge in [0.1, 0.15) is 18.8 Å². The SMILES string of the molecule is O=C(c1cccn1CC(F)(F)F)N(CCO)CC(F)(F)F. The summed E-state index contributed by atoms with van der Waals surface area (Å²) in [7, 11) is 0. The van der Waals surface area contributed by atoms with E-state index >= 15 is 0 Å². The van der Waals surface area contributed by atoms with E-state index in [2.05, 4.69) is 0 Å². The normalized spacial score (nSPS) is 12.5. The van der Waals surface area contributed by atoms with Crippen molar-refractivity contribution < 1.29 is 36.2 Å². The number of carbonyl (C=O) groups excluding carboxylic acids is 1. The number of halogens is 6. The monoisotopic (exact) mass is 318 g/mol. The van der Waals surface area contributed by atoms with Crippen LogP contribution in [0.1, 0.15) is 10.5 Å². The average Bonchev–Trinajstić information content (AvgIpc) is 2.71. The predicted molar refractivity (Wildman–Crippen MR) is 59.5 cm³/mol. The molecule has 0 spiro atoms. The molecule has 0 atom stereocenters. The van der Waals surface area contributed by atoms with Gasteiger partial charge in [0.2, 0.25) is 0 Å². The lowest BCUT2D eigenvalue weighted by Gasteiger charge is -2.24. The minimum absolute atomic E-state index is 0.252. The van der Waals surface area contributed by atoms with Crippen molar-refractivity contribution in [3.8, 4) is 0 Å². The second-order valence-electron chi connectivity index (χ2n) is 4.20. The first-order valence-corrected chi connectivity index (χ1v) is 5.72. The maximum atomic E-state index is 12.3. The highest BCUT2D eigenvalue weighted by Crippen LogP contribution is 2.21. The molecule has 1 amide bonds. The van der Waals surface area contributed by atoms with Crippen LogP contribution in [-0.4, -0.2) is 52.5 Å². The Kier molecular flexibility index (Phi) is 5.26. The van der Waals surface area contributed by atoms with Crippen molar-refractivity contribution in [3.63, 3.8) is 0 Å². The Labute approximate surface area is 115 Å². The van der Waals surface area contributed by atoms with Crippen LogP contribution >= 0.6 is 0 Å². The highest BCUT2D eigenvalue weighted by molar-refractivity contribution is 5.92. The van der Waals surface area contributed by atoms with Crippen LogP contribution < -0.4 is 0 Å². The molecular formula is C11H12F6N2O2. The number of carbonyl (C=O) groups is 1. The van der Waals surface area contributed by atoms with Gasteiger partial charge >= 0.3 is 12.4 Å². The summed E-state index contributed by atoms with van der Waals surface area (Å²) >= 11 is 0. The number of nitrogens with zero attached hydrogens (tertiary/aromatic N) is 2. The third-order valence-corrected chi connectivity index (χ3v) is 2.43. The Morgan fingerprint density at radius 2 is 1.81 bits per heavy atom. The quantitative estimate of drug-likeness (QED) is 0.845. The van der Waals surface area contributed by atoms with Crippen LogP contribution in [0.4, 0.5) is 26.3 Å². The lowest BCUT2D eigenvalue weighted by Crippen LogP contribution is -2.41. The first-order chi connectivity index (χ1) is 9.53. The van der Waals surface area contributed by atoms with Gasteiger partial charge in [-0.3, -0.25) is 4.79 Å². The molecule has 0 saturated carbocycles. The van der Waals surface area contributed by atoms with E-state index < -0.39 is 50.2 Å². The zero-order chi connectivity index (χ0) is 16.3. The summed E-state index contributed by atoms with van der Waals surface area (Å²) in [5.74, 6) is -1.23. The molecule has 0 fully saturated rings. The summed E-state index contributed by atoms with van der Waals surface area (Å²) in [6, 6.07) is 2.12. The van der Waals surface area contributed by atoms with E-state index in [0.29, 0.717) is 4.57 Å². The zero-order valence-corrected chi connectivity index (χ0v) is 10.6. The number of aliphatic hydroxyl groups excluding tert-OH is 1. The van der Waals surface area contributed by atoms with Gasteiger partial charge in [-0.25, -0.2) is 0 Å². The summed E-state index contributed by atoms with van der Waals surface area (Å²) in [6.45, 7) is -4.50. The summed E-state index contributed by atoms with van der Waals surface area (Å²) in [4.78, 5) is 12.2. The van der Waals surface area contributed by atoms with E-state index in [0.717, 1.165) is 18.3 Å². The number of aliphatic hydroxyl groups is 1. The highest BCUT2D eigenvalue weighted by Gasteiger charge is 2.35. The van der Waals surface area contributed by atoms with Crippen LogP contribution in [0.25, 0.3) is 0 Å². The van der Waals surface area contributed by atoms with Crippen molar-refractivity contribution in [1.29, 1.82) is 0 Å². The number of alkyl halides is 6. The Morgan fingerprint density at radius 1 is 1.19 bits per heavy atom. The zero-order valence-electron chi connectivity index (χ0n) is 10.6. The van der Waals surface area contributed by atoms with Gasteiger partial charge in [0.05, 0.1) is 6.61 Å². The molecule has 1 aromatic heterocycles. The fourth-order valence-electron chi connectivity index (χ4n) is 1.69. The second-order valence-corrected chi connectivity index (χ2v) is 4.20. The van der Waals surface area contributed by atoms with Crippen molar-refractivity contribution in [1.82, 2.24) is 9.47 Å². The molecule has 0 aromatic carbocycles. The van der Waals surface area contributed by atoms with Crippen LogP contribution in [0.2, 0.25) is 0 Å². The number of hydrogen-bond acceptors (Lipinski definition) is 2. The van der Waals surface area contributed by atoms with Gasteiger partial charge in [0.15, 0.2) is 0 Å². The molecule has 10 heteroatoms. The van der Waals surface area contributed by atoms with Gasteiger partial charge < -0.3 is 14.6 Å². The molecule has 0 aliphatic heterocycles. The molecule has 1 heterocycles. The number of amides is 1. The van der Waals surface area contributed by atoms with Gasteiger partial charge in [-0.2, -0.15) is 26.3 Å².